The first-order chi connectivity index (χ1) is 11.3. The summed E-state index contributed by atoms with van der Waals surface area (Å²) in [5, 5.41) is 0. The molecule has 1 heterocycles. The lowest BCUT2D eigenvalue weighted by Crippen LogP contribution is -2.05. The maximum atomic E-state index is 11.3. The topological polar surface area (TPSA) is 81.3 Å². The van der Waals surface area contributed by atoms with Gasteiger partial charge in [-0.25, -0.2) is 4.98 Å². The molecule has 0 amide bonds. The normalized spacial score (nSPS) is 11.7. The van der Waals surface area contributed by atoms with Gasteiger partial charge in [-0.15, -0.1) is 0 Å². The largest absolute Gasteiger partial charge is 0.496 e. The van der Waals surface area contributed by atoms with Crippen molar-refractivity contribution >= 4 is 21.2 Å². The van der Waals surface area contributed by atoms with Crippen molar-refractivity contribution in [1.29, 1.82) is 0 Å². The first-order valence-corrected chi connectivity index (χ1v) is 9.13. The fourth-order valence-electron chi connectivity index (χ4n) is 2.49. The van der Waals surface area contributed by atoms with Crippen LogP contribution in [0.3, 0.4) is 0 Å². The Balaban J connectivity index is 2.08. The minimum atomic E-state index is -3.59. The molecule has 7 heteroatoms. The summed E-state index contributed by atoms with van der Waals surface area (Å²) in [6, 6.07) is 8.90. The standard InChI is InChI=1S/C17H18N2O4S/c1-10-7-14-15(8-11(10)2)19-17(18-14)13-6-5-12(9-16(13)22-3)23-24(4,20)21/h5-9H,1-4H3,(H,18,19). The third-order valence-electron chi connectivity index (χ3n) is 3.77. The van der Waals surface area contributed by atoms with Crippen molar-refractivity contribution in [3.63, 3.8) is 0 Å². The first kappa shape index (κ1) is 16.3. The summed E-state index contributed by atoms with van der Waals surface area (Å²) < 4.78 is 32.8. The molecule has 0 aliphatic carbocycles. The fourth-order valence-corrected chi connectivity index (χ4v) is 2.94. The van der Waals surface area contributed by atoms with Crippen LogP contribution in [0.4, 0.5) is 0 Å². The maximum Gasteiger partial charge on any atom is 0.306 e. The molecule has 3 aromatic rings. The van der Waals surface area contributed by atoms with Crippen molar-refractivity contribution in [3.05, 3.63) is 41.5 Å². The molecule has 0 aliphatic heterocycles. The number of rotatable bonds is 4. The summed E-state index contributed by atoms with van der Waals surface area (Å²) in [6.45, 7) is 4.09. The number of ether oxygens (including phenoxy) is 1. The van der Waals surface area contributed by atoms with Crippen molar-refractivity contribution in [2.45, 2.75) is 13.8 Å². The molecule has 1 N–H and O–H groups in total. The molecule has 0 atom stereocenters. The van der Waals surface area contributed by atoms with E-state index in [4.69, 9.17) is 8.92 Å². The van der Waals surface area contributed by atoms with Gasteiger partial charge >= 0.3 is 10.1 Å². The zero-order valence-electron chi connectivity index (χ0n) is 13.9. The number of nitrogens with zero attached hydrogens (tertiary/aromatic N) is 1. The van der Waals surface area contributed by atoms with Gasteiger partial charge in [0.25, 0.3) is 0 Å². The van der Waals surface area contributed by atoms with Gasteiger partial charge in [0.15, 0.2) is 0 Å². The third-order valence-corrected chi connectivity index (χ3v) is 4.27. The number of aromatic nitrogens is 2. The molecular formula is C17H18N2O4S. The van der Waals surface area contributed by atoms with E-state index in [0.29, 0.717) is 11.6 Å². The minimum Gasteiger partial charge on any atom is -0.496 e. The molecule has 0 radical (unpaired) electrons. The number of H-pyrrole nitrogens is 1. The molecule has 0 saturated carbocycles. The van der Waals surface area contributed by atoms with E-state index in [0.717, 1.165) is 22.9 Å². The highest BCUT2D eigenvalue weighted by Crippen LogP contribution is 2.33. The molecule has 3 rings (SSSR count). The van der Waals surface area contributed by atoms with Gasteiger partial charge in [-0.2, -0.15) is 8.42 Å². The Hall–Kier alpha value is -2.54. The van der Waals surface area contributed by atoms with E-state index in [2.05, 4.69) is 16.0 Å². The van der Waals surface area contributed by atoms with Crippen LogP contribution in [0.2, 0.25) is 0 Å². The predicted molar refractivity (Wildman–Crippen MR) is 93.0 cm³/mol. The molecule has 6 nitrogen and oxygen atoms in total. The van der Waals surface area contributed by atoms with Crippen molar-refractivity contribution in [1.82, 2.24) is 9.97 Å². The zero-order chi connectivity index (χ0) is 17.5. The second kappa shape index (κ2) is 5.83. The second-order valence-corrected chi connectivity index (χ2v) is 7.26. The Labute approximate surface area is 140 Å². The van der Waals surface area contributed by atoms with E-state index < -0.39 is 10.1 Å². The molecule has 24 heavy (non-hydrogen) atoms. The molecule has 2 aromatic carbocycles. The lowest BCUT2D eigenvalue weighted by Gasteiger charge is -2.09. The van der Waals surface area contributed by atoms with Gasteiger partial charge in [-0.1, -0.05) is 0 Å². The number of nitrogens with one attached hydrogen (secondary N) is 1. The maximum absolute atomic E-state index is 11.3. The van der Waals surface area contributed by atoms with Crippen LogP contribution in [0.25, 0.3) is 22.4 Å². The Bertz CT molecular complexity index is 983. The number of aromatic amines is 1. The van der Waals surface area contributed by atoms with E-state index in [1.807, 2.05) is 19.9 Å². The van der Waals surface area contributed by atoms with Gasteiger partial charge in [0.05, 0.1) is 30.0 Å². The van der Waals surface area contributed by atoms with Gasteiger partial charge in [0.2, 0.25) is 0 Å². The molecule has 0 aliphatic rings. The van der Waals surface area contributed by atoms with Crippen molar-refractivity contribution in [2.75, 3.05) is 13.4 Å². The number of hydrogen-bond donors (Lipinski definition) is 1. The monoisotopic (exact) mass is 346 g/mol. The van der Waals surface area contributed by atoms with Crippen LogP contribution < -0.4 is 8.92 Å². The molecular weight excluding hydrogens is 328 g/mol. The van der Waals surface area contributed by atoms with E-state index in [9.17, 15) is 8.42 Å². The Morgan fingerprint density at radius 2 is 1.79 bits per heavy atom. The van der Waals surface area contributed by atoms with Crippen LogP contribution in [0.1, 0.15) is 11.1 Å². The summed E-state index contributed by atoms with van der Waals surface area (Å²) >= 11 is 0. The van der Waals surface area contributed by atoms with Crippen molar-refractivity contribution < 1.29 is 17.3 Å². The quantitative estimate of drug-likeness (QED) is 0.734. The highest BCUT2D eigenvalue weighted by molar-refractivity contribution is 7.86. The van der Waals surface area contributed by atoms with Crippen LogP contribution in [-0.2, 0) is 10.1 Å². The first-order valence-electron chi connectivity index (χ1n) is 7.31. The van der Waals surface area contributed by atoms with Crippen LogP contribution >= 0.6 is 0 Å². The number of imidazole rings is 1. The van der Waals surface area contributed by atoms with Crippen molar-refractivity contribution in [2.24, 2.45) is 0 Å². The average Bonchev–Trinajstić information content (AvgIpc) is 2.88. The average molecular weight is 346 g/mol. The van der Waals surface area contributed by atoms with Gasteiger partial charge in [0.1, 0.15) is 17.3 Å². The lowest BCUT2D eigenvalue weighted by molar-refractivity contribution is 0.413. The molecule has 126 valence electrons. The van der Waals surface area contributed by atoms with Gasteiger partial charge in [-0.05, 0) is 49.2 Å². The third kappa shape index (κ3) is 3.21. The molecule has 1 aromatic heterocycles. The minimum absolute atomic E-state index is 0.195. The summed E-state index contributed by atoms with van der Waals surface area (Å²) in [6.07, 6.45) is 0.997. The molecule has 0 bridgehead atoms. The van der Waals surface area contributed by atoms with Gasteiger partial charge in [0, 0.05) is 6.07 Å². The number of fused-ring (bicyclic) bond motifs is 1. The van der Waals surface area contributed by atoms with Crippen LogP contribution in [0, 0.1) is 13.8 Å². The number of aryl methyl sites for hydroxylation is 2. The Morgan fingerprint density at radius 3 is 2.46 bits per heavy atom. The highest BCUT2D eigenvalue weighted by atomic mass is 32.2. The predicted octanol–water partition coefficient (Wildman–Crippen LogP) is 3.19. The zero-order valence-corrected chi connectivity index (χ0v) is 14.7. The smallest absolute Gasteiger partial charge is 0.306 e. The van der Waals surface area contributed by atoms with E-state index in [-0.39, 0.29) is 5.75 Å². The number of benzene rings is 2. The van der Waals surface area contributed by atoms with Crippen molar-refractivity contribution in [3.8, 4) is 22.9 Å². The molecule has 0 fully saturated rings. The summed E-state index contributed by atoms with van der Waals surface area (Å²) in [5.74, 6) is 1.32. The summed E-state index contributed by atoms with van der Waals surface area (Å²) in [4.78, 5) is 7.88. The van der Waals surface area contributed by atoms with Crippen LogP contribution in [0.5, 0.6) is 11.5 Å². The van der Waals surface area contributed by atoms with Gasteiger partial charge < -0.3 is 13.9 Å². The number of methoxy groups -OCH3 is 1. The van der Waals surface area contributed by atoms with Crippen LogP contribution in [0.15, 0.2) is 30.3 Å². The molecule has 0 spiro atoms. The van der Waals surface area contributed by atoms with E-state index >= 15 is 0 Å². The van der Waals surface area contributed by atoms with Crippen LogP contribution in [-0.4, -0.2) is 31.8 Å². The Morgan fingerprint density at radius 1 is 1.08 bits per heavy atom. The van der Waals surface area contributed by atoms with E-state index in [1.165, 1.54) is 24.3 Å². The highest BCUT2D eigenvalue weighted by Gasteiger charge is 2.14. The number of hydrogen-bond acceptors (Lipinski definition) is 5. The summed E-state index contributed by atoms with van der Waals surface area (Å²) in [7, 11) is -2.07. The van der Waals surface area contributed by atoms with E-state index in [1.54, 1.807) is 12.1 Å². The van der Waals surface area contributed by atoms with Gasteiger partial charge in [-0.3, -0.25) is 0 Å². The molecule has 0 unspecified atom stereocenters. The lowest BCUT2D eigenvalue weighted by atomic mass is 10.1. The second-order valence-electron chi connectivity index (χ2n) is 5.69. The molecule has 0 saturated heterocycles. The fraction of sp³-hybridized carbons (Fsp3) is 0.235. The SMILES string of the molecule is COc1cc(OS(C)(=O)=O)ccc1-c1nc2cc(C)c(C)cc2[nH]1. The summed E-state index contributed by atoms with van der Waals surface area (Å²) in [5.41, 5.74) is 4.88. The Kier molecular flexibility index (Phi) is 3.96.